The highest BCUT2D eigenvalue weighted by atomic mass is 16.5. The highest BCUT2D eigenvalue weighted by Crippen LogP contribution is 2.19. The van der Waals surface area contributed by atoms with Crippen LogP contribution in [0.25, 0.3) is 0 Å². The van der Waals surface area contributed by atoms with Crippen LogP contribution in [0.3, 0.4) is 0 Å². The third-order valence-corrected chi connectivity index (χ3v) is 2.43. The summed E-state index contributed by atoms with van der Waals surface area (Å²) in [5.41, 5.74) is 1.10. The third kappa shape index (κ3) is 1.87. The number of hydrogen-bond donors (Lipinski definition) is 0. The van der Waals surface area contributed by atoms with Crippen LogP contribution in [-0.2, 0) is 4.74 Å². The first-order valence-corrected chi connectivity index (χ1v) is 4.57. The Bertz CT molecular complexity index is 263. The van der Waals surface area contributed by atoms with Crippen molar-refractivity contribution < 1.29 is 4.74 Å². The largest absolute Gasteiger partial charge is 0.378 e. The molecule has 2 heterocycles. The van der Waals surface area contributed by atoms with Gasteiger partial charge in [0.2, 0.25) is 0 Å². The molecule has 3 heteroatoms. The molecule has 13 heavy (non-hydrogen) atoms. The number of nitrogens with zero attached hydrogens (tertiary/aromatic N) is 2. The summed E-state index contributed by atoms with van der Waals surface area (Å²) < 4.78 is 5.43. The number of likely N-dealkylation sites (N-methyl/N-ethyl adjacent to an activating group) is 1. The van der Waals surface area contributed by atoms with Crippen LogP contribution in [0.5, 0.6) is 0 Å². The lowest BCUT2D eigenvalue weighted by Gasteiger charge is -2.31. The number of pyridine rings is 1. The van der Waals surface area contributed by atoms with Crippen molar-refractivity contribution in [2.45, 2.75) is 6.04 Å². The number of aromatic nitrogens is 1. The molecule has 1 aromatic heterocycles. The Balaban J connectivity index is 2.15. The summed E-state index contributed by atoms with van der Waals surface area (Å²) in [4.78, 5) is 6.61. The number of ether oxygens (including phenoxy) is 1. The lowest BCUT2D eigenvalue weighted by molar-refractivity contribution is 0.00352. The molecule has 0 radical (unpaired) electrons. The maximum Gasteiger partial charge on any atom is 0.0755 e. The Morgan fingerprint density at radius 3 is 3.15 bits per heavy atom. The maximum absolute atomic E-state index is 5.43. The monoisotopic (exact) mass is 178 g/mol. The molecule has 1 aliphatic heterocycles. The second-order valence-electron chi connectivity index (χ2n) is 3.33. The minimum Gasteiger partial charge on any atom is -0.378 e. The first-order valence-electron chi connectivity index (χ1n) is 4.57. The fourth-order valence-electron chi connectivity index (χ4n) is 1.57. The van der Waals surface area contributed by atoms with E-state index in [0.717, 1.165) is 25.5 Å². The van der Waals surface area contributed by atoms with Crippen molar-refractivity contribution in [1.82, 2.24) is 9.88 Å². The topological polar surface area (TPSA) is 25.4 Å². The van der Waals surface area contributed by atoms with E-state index >= 15 is 0 Å². The molecule has 0 saturated carbocycles. The summed E-state index contributed by atoms with van der Waals surface area (Å²) in [6.07, 6.45) is 1.83. The van der Waals surface area contributed by atoms with Crippen molar-refractivity contribution in [3.63, 3.8) is 0 Å². The number of morpholine rings is 1. The second-order valence-corrected chi connectivity index (χ2v) is 3.33. The van der Waals surface area contributed by atoms with E-state index in [4.69, 9.17) is 4.74 Å². The standard InChI is InChI=1S/C10H14N2O/c1-12-6-7-13-8-10(12)9-4-2-3-5-11-9/h2-5,10H,6-8H2,1H3. The Morgan fingerprint density at radius 1 is 1.54 bits per heavy atom. The van der Waals surface area contributed by atoms with Crippen LogP contribution in [0.15, 0.2) is 24.4 Å². The first kappa shape index (κ1) is 8.66. The summed E-state index contributed by atoms with van der Waals surface area (Å²) in [6, 6.07) is 6.34. The van der Waals surface area contributed by atoms with Crippen molar-refractivity contribution in [3.05, 3.63) is 30.1 Å². The van der Waals surface area contributed by atoms with E-state index in [-0.39, 0.29) is 0 Å². The van der Waals surface area contributed by atoms with Gasteiger partial charge in [0.1, 0.15) is 0 Å². The Kier molecular flexibility index (Phi) is 2.57. The van der Waals surface area contributed by atoms with E-state index in [0.29, 0.717) is 6.04 Å². The molecule has 0 bridgehead atoms. The van der Waals surface area contributed by atoms with Crippen LogP contribution in [0.4, 0.5) is 0 Å². The van der Waals surface area contributed by atoms with Gasteiger partial charge >= 0.3 is 0 Å². The summed E-state index contributed by atoms with van der Waals surface area (Å²) in [7, 11) is 2.11. The quantitative estimate of drug-likeness (QED) is 0.643. The van der Waals surface area contributed by atoms with Crippen LogP contribution in [-0.4, -0.2) is 36.7 Å². The van der Waals surface area contributed by atoms with Gasteiger partial charge in [-0.05, 0) is 19.2 Å². The average molecular weight is 178 g/mol. The molecule has 0 spiro atoms. The zero-order valence-corrected chi connectivity index (χ0v) is 7.81. The SMILES string of the molecule is CN1CCOCC1c1ccccn1. The predicted molar refractivity (Wildman–Crippen MR) is 50.4 cm³/mol. The number of hydrogen-bond acceptors (Lipinski definition) is 3. The predicted octanol–water partition coefficient (Wildman–Crippen LogP) is 1.08. The first-order chi connectivity index (χ1) is 6.38. The molecule has 1 atom stereocenters. The molecule has 1 saturated heterocycles. The van der Waals surface area contributed by atoms with E-state index in [1.54, 1.807) is 0 Å². The smallest absolute Gasteiger partial charge is 0.0755 e. The molecule has 1 fully saturated rings. The summed E-state index contributed by atoms with van der Waals surface area (Å²) in [6.45, 7) is 2.58. The molecule has 0 aromatic carbocycles. The Labute approximate surface area is 78.3 Å². The maximum atomic E-state index is 5.43. The van der Waals surface area contributed by atoms with Gasteiger partial charge in [0.05, 0.1) is 24.9 Å². The van der Waals surface area contributed by atoms with E-state index in [1.807, 2.05) is 18.3 Å². The average Bonchev–Trinajstić information content (AvgIpc) is 2.20. The van der Waals surface area contributed by atoms with Crippen molar-refractivity contribution in [1.29, 1.82) is 0 Å². The van der Waals surface area contributed by atoms with Gasteiger partial charge in [-0.2, -0.15) is 0 Å². The molecular weight excluding hydrogens is 164 g/mol. The Morgan fingerprint density at radius 2 is 2.46 bits per heavy atom. The fourth-order valence-corrected chi connectivity index (χ4v) is 1.57. The second kappa shape index (κ2) is 3.85. The van der Waals surface area contributed by atoms with E-state index in [2.05, 4.69) is 23.0 Å². The molecule has 1 aliphatic rings. The molecule has 0 aliphatic carbocycles. The zero-order valence-electron chi connectivity index (χ0n) is 7.81. The van der Waals surface area contributed by atoms with Crippen LogP contribution >= 0.6 is 0 Å². The normalized spacial score (nSPS) is 24.5. The van der Waals surface area contributed by atoms with E-state index in [1.165, 1.54) is 0 Å². The van der Waals surface area contributed by atoms with Gasteiger partial charge < -0.3 is 4.74 Å². The lowest BCUT2D eigenvalue weighted by atomic mass is 10.1. The Hall–Kier alpha value is -0.930. The van der Waals surface area contributed by atoms with E-state index < -0.39 is 0 Å². The minimum absolute atomic E-state index is 0.329. The van der Waals surface area contributed by atoms with Crippen molar-refractivity contribution in [2.75, 3.05) is 26.8 Å². The molecule has 2 rings (SSSR count). The summed E-state index contributed by atoms with van der Waals surface area (Å²) >= 11 is 0. The highest BCUT2D eigenvalue weighted by molar-refractivity contribution is 5.09. The molecule has 3 nitrogen and oxygen atoms in total. The van der Waals surface area contributed by atoms with Crippen LogP contribution < -0.4 is 0 Å². The summed E-state index contributed by atoms with van der Waals surface area (Å²) in [5.74, 6) is 0. The molecular formula is C10H14N2O. The van der Waals surface area contributed by atoms with Crippen molar-refractivity contribution >= 4 is 0 Å². The van der Waals surface area contributed by atoms with Crippen molar-refractivity contribution in [2.24, 2.45) is 0 Å². The van der Waals surface area contributed by atoms with Gasteiger partial charge in [-0.25, -0.2) is 0 Å². The minimum atomic E-state index is 0.329. The molecule has 1 aromatic rings. The van der Waals surface area contributed by atoms with Gasteiger partial charge in [-0.3, -0.25) is 9.88 Å². The van der Waals surface area contributed by atoms with Crippen LogP contribution in [0, 0.1) is 0 Å². The third-order valence-electron chi connectivity index (χ3n) is 2.43. The van der Waals surface area contributed by atoms with Crippen molar-refractivity contribution in [3.8, 4) is 0 Å². The fraction of sp³-hybridized carbons (Fsp3) is 0.500. The van der Waals surface area contributed by atoms with E-state index in [9.17, 15) is 0 Å². The zero-order chi connectivity index (χ0) is 9.10. The van der Waals surface area contributed by atoms with Crippen LogP contribution in [0.2, 0.25) is 0 Å². The van der Waals surface area contributed by atoms with Gasteiger partial charge in [0, 0.05) is 12.7 Å². The highest BCUT2D eigenvalue weighted by Gasteiger charge is 2.21. The molecule has 1 unspecified atom stereocenters. The molecule has 70 valence electrons. The summed E-state index contributed by atoms with van der Waals surface area (Å²) in [5, 5.41) is 0. The molecule has 0 N–H and O–H groups in total. The molecule has 0 amide bonds. The van der Waals surface area contributed by atoms with Gasteiger partial charge in [-0.15, -0.1) is 0 Å². The van der Waals surface area contributed by atoms with Gasteiger partial charge in [0.25, 0.3) is 0 Å². The van der Waals surface area contributed by atoms with Gasteiger partial charge in [-0.1, -0.05) is 6.07 Å². The number of rotatable bonds is 1. The van der Waals surface area contributed by atoms with Crippen LogP contribution in [0.1, 0.15) is 11.7 Å². The van der Waals surface area contributed by atoms with Gasteiger partial charge in [0.15, 0.2) is 0 Å². The lowest BCUT2D eigenvalue weighted by Crippen LogP contribution is -2.36.